The zero-order chi connectivity index (χ0) is 13.0. The average Bonchev–Trinajstić information content (AvgIpc) is 2.41. The highest BCUT2D eigenvalue weighted by atomic mass is 16.5. The lowest BCUT2D eigenvalue weighted by molar-refractivity contribution is 0.334. The Labute approximate surface area is 105 Å². The molecule has 18 heavy (non-hydrogen) atoms. The first-order valence-corrected chi connectivity index (χ1v) is 5.35. The van der Waals surface area contributed by atoms with Gasteiger partial charge >= 0.3 is 0 Å². The number of nitrogens with zero attached hydrogens (tertiary/aromatic N) is 1. The Bertz CT molecular complexity index is 526. The molecule has 0 saturated heterocycles. The van der Waals surface area contributed by atoms with E-state index in [0.717, 1.165) is 0 Å². The maximum atomic E-state index is 5.63. The molecule has 0 aliphatic carbocycles. The Balaban J connectivity index is 2.31. The predicted octanol–water partition coefficient (Wildman–Crippen LogP) is 2.47. The molecule has 94 valence electrons. The second-order valence-corrected chi connectivity index (χ2v) is 3.52. The molecule has 2 rings (SSSR count). The summed E-state index contributed by atoms with van der Waals surface area (Å²) in [7, 11) is 3.13. The number of hydrogen-bond donors (Lipinski definition) is 1. The first-order chi connectivity index (χ1) is 8.74. The number of hydrogen-bond acceptors (Lipinski definition) is 5. The van der Waals surface area contributed by atoms with E-state index in [1.165, 1.54) is 6.20 Å². The molecule has 2 aromatic rings. The Hall–Kier alpha value is -2.43. The standard InChI is InChI=1S/C13H14N2O3/c1-16-10-4-3-5-11(13(10)17-2)18-12-7-6-9(14)8-15-12/h3-8H,14H2,1-2H3. The summed E-state index contributed by atoms with van der Waals surface area (Å²) in [6.45, 7) is 0. The molecule has 0 atom stereocenters. The van der Waals surface area contributed by atoms with Crippen molar-refractivity contribution in [1.82, 2.24) is 4.98 Å². The molecule has 5 heteroatoms. The van der Waals surface area contributed by atoms with Crippen LogP contribution in [0, 0.1) is 0 Å². The first-order valence-electron chi connectivity index (χ1n) is 5.35. The van der Waals surface area contributed by atoms with Crippen molar-refractivity contribution in [2.24, 2.45) is 0 Å². The Morgan fingerprint density at radius 1 is 1.00 bits per heavy atom. The van der Waals surface area contributed by atoms with Crippen LogP contribution in [0.1, 0.15) is 0 Å². The molecular formula is C13H14N2O3. The number of methoxy groups -OCH3 is 2. The van der Waals surface area contributed by atoms with Crippen molar-refractivity contribution < 1.29 is 14.2 Å². The summed E-state index contributed by atoms with van der Waals surface area (Å²) in [5, 5.41) is 0. The molecule has 2 N–H and O–H groups in total. The van der Waals surface area contributed by atoms with E-state index in [-0.39, 0.29) is 0 Å². The van der Waals surface area contributed by atoms with Crippen LogP contribution in [-0.2, 0) is 0 Å². The van der Waals surface area contributed by atoms with Crippen molar-refractivity contribution in [3.63, 3.8) is 0 Å². The minimum atomic E-state index is 0.441. The third kappa shape index (κ3) is 2.45. The predicted molar refractivity (Wildman–Crippen MR) is 68.3 cm³/mol. The van der Waals surface area contributed by atoms with E-state index < -0.39 is 0 Å². The highest BCUT2D eigenvalue weighted by molar-refractivity contribution is 5.52. The van der Waals surface area contributed by atoms with Gasteiger partial charge in [-0.25, -0.2) is 4.98 Å². The van der Waals surface area contributed by atoms with Crippen LogP contribution in [0.4, 0.5) is 5.69 Å². The molecule has 5 nitrogen and oxygen atoms in total. The molecule has 0 aliphatic rings. The third-order valence-electron chi connectivity index (χ3n) is 2.34. The molecule has 0 unspecified atom stereocenters. The summed E-state index contributed by atoms with van der Waals surface area (Å²) >= 11 is 0. The maximum absolute atomic E-state index is 5.63. The van der Waals surface area contributed by atoms with Crippen LogP contribution in [-0.4, -0.2) is 19.2 Å². The normalized spacial score (nSPS) is 9.89. The van der Waals surface area contributed by atoms with Crippen molar-refractivity contribution in [1.29, 1.82) is 0 Å². The number of para-hydroxylation sites is 1. The highest BCUT2D eigenvalue weighted by Crippen LogP contribution is 2.38. The topological polar surface area (TPSA) is 66.6 Å². The van der Waals surface area contributed by atoms with Gasteiger partial charge in [0.1, 0.15) is 0 Å². The van der Waals surface area contributed by atoms with Gasteiger partial charge in [0, 0.05) is 6.07 Å². The molecule has 0 amide bonds. The lowest BCUT2D eigenvalue weighted by Gasteiger charge is -2.12. The largest absolute Gasteiger partial charge is 0.493 e. The fourth-order valence-corrected chi connectivity index (χ4v) is 1.50. The molecule has 1 aromatic carbocycles. The summed E-state index contributed by atoms with van der Waals surface area (Å²) in [5.74, 6) is 2.11. The number of anilines is 1. The molecule has 0 radical (unpaired) electrons. The van der Waals surface area contributed by atoms with Gasteiger partial charge in [0.15, 0.2) is 11.5 Å². The number of nitrogen functional groups attached to an aromatic ring is 1. The number of rotatable bonds is 4. The van der Waals surface area contributed by atoms with E-state index in [1.54, 1.807) is 38.5 Å². The van der Waals surface area contributed by atoms with Crippen molar-refractivity contribution in [2.45, 2.75) is 0 Å². The van der Waals surface area contributed by atoms with Gasteiger partial charge in [0.25, 0.3) is 0 Å². The molecule has 0 bridgehead atoms. The highest BCUT2D eigenvalue weighted by Gasteiger charge is 2.11. The summed E-state index contributed by atoms with van der Waals surface area (Å²) < 4.78 is 16.1. The van der Waals surface area contributed by atoms with Crippen LogP contribution >= 0.6 is 0 Å². The first kappa shape index (κ1) is 12.0. The average molecular weight is 246 g/mol. The molecule has 1 heterocycles. The van der Waals surface area contributed by atoms with E-state index in [2.05, 4.69) is 4.98 Å². The molecule has 0 spiro atoms. The number of benzene rings is 1. The summed E-state index contributed by atoms with van der Waals surface area (Å²) in [6, 6.07) is 8.79. The zero-order valence-corrected chi connectivity index (χ0v) is 10.2. The van der Waals surface area contributed by atoms with Gasteiger partial charge in [-0.1, -0.05) is 6.07 Å². The Morgan fingerprint density at radius 2 is 1.78 bits per heavy atom. The Morgan fingerprint density at radius 3 is 2.39 bits per heavy atom. The fourth-order valence-electron chi connectivity index (χ4n) is 1.50. The van der Waals surface area contributed by atoms with Crippen molar-refractivity contribution >= 4 is 5.69 Å². The second-order valence-electron chi connectivity index (χ2n) is 3.52. The van der Waals surface area contributed by atoms with Crippen LogP contribution < -0.4 is 19.9 Å². The molecule has 0 fully saturated rings. The van der Waals surface area contributed by atoms with Crippen molar-refractivity contribution in [3.05, 3.63) is 36.5 Å². The molecular weight excluding hydrogens is 232 g/mol. The van der Waals surface area contributed by atoms with Crippen LogP contribution in [0.25, 0.3) is 0 Å². The van der Waals surface area contributed by atoms with E-state index in [1.807, 2.05) is 6.07 Å². The molecule has 0 saturated carbocycles. The quantitative estimate of drug-likeness (QED) is 0.897. The van der Waals surface area contributed by atoms with Gasteiger partial charge in [-0.3, -0.25) is 0 Å². The minimum absolute atomic E-state index is 0.441. The number of nitrogens with two attached hydrogens (primary N) is 1. The smallest absolute Gasteiger partial charge is 0.219 e. The summed E-state index contributed by atoms with van der Waals surface area (Å²) in [5.41, 5.74) is 6.14. The number of aromatic nitrogens is 1. The lowest BCUT2D eigenvalue weighted by atomic mass is 10.3. The fraction of sp³-hybridized carbons (Fsp3) is 0.154. The van der Waals surface area contributed by atoms with Gasteiger partial charge in [0.05, 0.1) is 26.1 Å². The van der Waals surface area contributed by atoms with Crippen molar-refractivity contribution in [2.75, 3.05) is 20.0 Å². The molecule has 0 aliphatic heterocycles. The van der Waals surface area contributed by atoms with Crippen LogP contribution in [0.15, 0.2) is 36.5 Å². The lowest BCUT2D eigenvalue weighted by Crippen LogP contribution is -1.95. The molecule has 1 aromatic heterocycles. The number of pyridine rings is 1. The van der Waals surface area contributed by atoms with E-state index in [4.69, 9.17) is 19.9 Å². The SMILES string of the molecule is COc1cccc(Oc2ccc(N)cn2)c1OC. The summed E-state index contributed by atoms with van der Waals surface area (Å²) in [4.78, 5) is 4.06. The van der Waals surface area contributed by atoms with Gasteiger partial charge in [0.2, 0.25) is 11.6 Å². The van der Waals surface area contributed by atoms with Gasteiger partial charge in [-0.2, -0.15) is 0 Å². The summed E-state index contributed by atoms with van der Waals surface area (Å²) in [6.07, 6.45) is 1.53. The van der Waals surface area contributed by atoms with Gasteiger partial charge < -0.3 is 19.9 Å². The van der Waals surface area contributed by atoms with Crippen LogP contribution in [0.2, 0.25) is 0 Å². The van der Waals surface area contributed by atoms with Gasteiger partial charge in [-0.05, 0) is 18.2 Å². The van der Waals surface area contributed by atoms with E-state index >= 15 is 0 Å². The second kappa shape index (κ2) is 5.27. The van der Waals surface area contributed by atoms with E-state index in [9.17, 15) is 0 Å². The maximum Gasteiger partial charge on any atom is 0.219 e. The third-order valence-corrected chi connectivity index (χ3v) is 2.34. The zero-order valence-electron chi connectivity index (χ0n) is 10.2. The van der Waals surface area contributed by atoms with Crippen LogP contribution in [0.5, 0.6) is 23.1 Å². The minimum Gasteiger partial charge on any atom is -0.493 e. The Kier molecular flexibility index (Phi) is 3.52. The monoisotopic (exact) mass is 246 g/mol. The van der Waals surface area contributed by atoms with E-state index in [0.29, 0.717) is 28.8 Å². The van der Waals surface area contributed by atoms with Crippen LogP contribution in [0.3, 0.4) is 0 Å². The number of ether oxygens (including phenoxy) is 3. The van der Waals surface area contributed by atoms with Crippen molar-refractivity contribution in [3.8, 4) is 23.1 Å². The van der Waals surface area contributed by atoms with Gasteiger partial charge in [-0.15, -0.1) is 0 Å².